The minimum Gasteiger partial charge on any atom is -0.493 e. The molecule has 0 spiro atoms. The fourth-order valence-corrected chi connectivity index (χ4v) is 5.22. The van der Waals surface area contributed by atoms with Crippen molar-refractivity contribution in [2.45, 2.75) is 40.2 Å². The molecular weight excluding hydrogens is 438 g/mol. The van der Waals surface area contributed by atoms with Crippen LogP contribution in [0.1, 0.15) is 41.9 Å². The zero-order valence-corrected chi connectivity index (χ0v) is 20.8. The summed E-state index contributed by atoms with van der Waals surface area (Å²) < 4.78 is 19.6. The molecule has 5 nitrogen and oxygen atoms in total. The summed E-state index contributed by atoms with van der Waals surface area (Å²) in [5.74, 6) is 1.12. The van der Waals surface area contributed by atoms with Crippen LogP contribution in [0, 0.1) is 6.92 Å². The summed E-state index contributed by atoms with van der Waals surface area (Å²) in [4.78, 5) is 13.6. The summed E-state index contributed by atoms with van der Waals surface area (Å²) in [5, 5.41) is 2.26. The highest BCUT2D eigenvalue weighted by atomic mass is 16.5. The van der Waals surface area contributed by atoms with Gasteiger partial charge in [-0.2, -0.15) is 0 Å². The van der Waals surface area contributed by atoms with Crippen molar-refractivity contribution in [2.24, 2.45) is 0 Å². The van der Waals surface area contributed by atoms with Crippen LogP contribution in [0.15, 0.2) is 54.6 Å². The lowest BCUT2D eigenvalue weighted by Gasteiger charge is -2.23. The van der Waals surface area contributed by atoms with Gasteiger partial charge in [0.1, 0.15) is 0 Å². The molecular formula is C30H31NO4. The van der Waals surface area contributed by atoms with Crippen LogP contribution in [-0.2, 0) is 17.7 Å². The molecule has 0 unspecified atom stereocenters. The van der Waals surface area contributed by atoms with Gasteiger partial charge in [-0.15, -0.1) is 0 Å². The molecule has 0 saturated heterocycles. The van der Waals surface area contributed by atoms with Crippen molar-refractivity contribution in [2.75, 3.05) is 20.3 Å². The van der Waals surface area contributed by atoms with Gasteiger partial charge in [0.2, 0.25) is 0 Å². The Balaban J connectivity index is 1.82. The SMILES string of the molecule is CCCOc1cc2c(cc1OC)CCn1c(C)c(-c3cccc4ccccc34)c(C(=O)OCC)c1-2. The highest BCUT2D eigenvalue weighted by Crippen LogP contribution is 2.46. The number of benzene rings is 3. The molecule has 0 radical (unpaired) electrons. The van der Waals surface area contributed by atoms with E-state index in [0.29, 0.717) is 24.5 Å². The Kier molecular flexibility index (Phi) is 6.25. The van der Waals surface area contributed by atoms with Crippen molar-refractivity contribution in [1.82, 2.24) is 4.57 Å². The highest BCUT2D eigenvalue weighted by molar-refractivity contribution is 6.09. The number of aryl methyl sites for hydroxylation is 1. The van der Waals surface area contributed by atoms with Gasteiger partial charge in [0.05, 0.1) is 31.6 Å². The Morgan fingerprint density at radius 2 is 1.80 bits per heavy atom. The molecule has 5 rings (SSSR count). The average Bonchev–Trinajstić information content (AvgIpc) is 3.19. The Bertz CT molecular complexity index is 1410. The Hall–Kier alpha value is -3.73. The zero-order chi connectivity index (χ0) is 24.5. The van der Waals surface area contributed by atoms with Crippen molar-refractivity contribution < 1.29 is 19.0 Å². The largest absolute Gasteiger partial charge is 0.493 e. The van der Waals surface area contributed by atoms with Gasteiger partial charge in [0, 0.05) is 23.4 Å². The predicted octanol–water partition coefficient (Wildman–Crippen LogP) is 6.81. The van der Waals surface area contributed by atoms with Crippen LogP contribution in [0.4, 0.5) is 0 Å². The summed E-state index contributed by atoms with van der Waals surface area (Å²) in [6.45, 7) is 7.73. The third-order valence-corrected chi connectivity index (χ3v) is 6.77. The average molecular weight is 470 g/mol. The third kappa shape index (κ3) is 3.85. The van der Waals surface area contributed by atoms with Crippen molar-refractivity contribution in [1.29, 1.82) is 0 Å². The summed E-state index contributed by atoms with van der Waals surface area (Å²) in [6.07, 6.45) is 1.74. The van der Waals surface area contributed by atoms with Crippen LogP contribution in [0.5, 0.6) is 11.5 Å². The van der Waals surface area contributed by atoms with Crippen LogP contribution in [-0.4, -0.2) is 30.9 Å². The highest BCUT2D eigenvalue weighted by Gasteiger charge is 2.32. The van der Waals surface area contributed by atoms with Crippen LogP contribution < -0.4 is 9.47 Å². The van der Waals surface area contributed by atoms with E-state index in [1.807, 2.05) is 25.1 Å². The van der Waals surface area contributed by atoms with Crippen LogP contribution in [0.2, 0.25) is 0 Å². The fraction of sp³-hybridized carbons (Fsp3) is 0.300. The van der Waals surface area contributed by atoms with E-state index in [2.05, 4.69) is 54.8 Å². The molecule has 4 aromatic rings. The molecule has 0 saturated carbocycles. The number of rotatable bonds is 7. The molecule has 5 heteroatoms. The number of nitrogens with zero attached hydrogens (tertiary/aromatic N) is 1. The lowest BCUT2D eigenvalue weighted by Crippen LogP contribution is -2.15. The smallest absolute Gasteiger partial charge is 0.340 e. The molecule has 0 amide bonds. The van der Waals surface area contributed by atoms with Crippen molar-refractivity contribution in [3.63, 3.8) is 0 Å². The number of carbonyl (C=O) groups is 1. The van der Waals surface area contributed by atoms with Gasteiger partial charge in [0.15, 0.2) is 11.5 Å². The van der Waals surface area contributed by atoms with E-state index in [-0.39, 0.29) is 5.97 Å². The van der Waals surface area contributed by atoms with Gasteiger partial charge >= 0.3 is 5.97 Å². The number of fused-ring (bicyclic) bond motifs is 4. The number of aromatic nitrogens is 1. The molecule has 2 heterocycles. The molecule has 1 aliphatic heterocycles. The number of carbonyl (C=O) groups excluding carboxylic acids is 1. The van der Waals surface area contributed by atoms with E-state index in [1.165, 1.54) is 0 Å². The van der Waals surface area contributed by atoms with Crippen LogP contribution >= 0.6 is 0 Å². The number of esters is 1. The first-order valence-electron chi connectivity index (χ1n) is 12.3. The Morgan fingerprint density at radius 3 is 2.57 bits per heavy atom. The molecule has 0 bridgehead atoms. The first-order valence-corrected chi connectivity index (χ1v) is 12.3. The zero-order valence-electron chi connectivity index (χ0n) is 20.8. The molecule has 0 atom stereocenters. The second-order valence-corrected chi connectivity index (χ2v) is 8.84. The van der Waals surface area contributed by atoms with Gasteiger partial charge < -0.3 is 18.8 Å². The fourth-order valence-electron chi connectivity index (χ4n) is 5.22. The maximum atomic E-state index is 13.6. The molecule has 180 valence electrons. The molecule has 1 aliphatic rings. The van der Waals surface area contributed by atoms with E-state index in [1.54, 1.807) is 7.11 Å². The van der Waals surface area contributed by atoms with Gasteiger partial charge in [0.25, 0.3) is 0 Å². The first kappa shape index (κ1) is 23.0. The lowest BCUT2D eigenvalue weighted by molar-refractivity contribution is 0.0528. The second-order valence-electron chi connectivity index (χ2n) is 8.84. The normalized spacial score (nSPS) is 12.2. The third-order valence-electron chi connectivity index (χ3n) is 6.77. The number of methoxy groups -OCH3 is 1. The maximum Gasteiger partial charge on any atom is 0.340 e. The van der Waals surface area contributed by atoms with E-state index in [4.69, 9.17) is 14.2 Å². The van der Waals surface area contributed by atoms with E-state index in [0.717, 1.165) is 69.6 Å². The van der Waals surface area contributed by atoms with Gasteiger partial charge in [-0.05, 0) is 60.7 Å². The van der Waals surface area contributed by atoms with Gasteiger partial charge in [-0.25, -0.2) is 4.79 Å². The quantitative estimate of drug-likeness (QED) is 0.279. The Labute approximate surface area is 206 Å². The standard InChI is InChI=1S/C30H31NO4/c1-5-16-35-26-18-24-21(17-25(26)33-4)14-15-31-19(3)27(28(29(24)31)30(32)34-6-2)23-13-9-11-20-10-7-8-12-22(20)23/h7-13,17-18H,5-6,14-16H2,1-4H3. The predicted molar refractivity (Wildman–Crippen MR) is 140 cm³/mol. The summed E-state index contributed by atoms with van der Waals surface area (Å²) >= 11 is 0. The van der Waals surface area contributed by atoms with Crippen molar-refractivity contribution >= 4 is 16.7 Å². The lowest BCUT2D eigenvalue weighted by atomic mass is 9.91. The van der Waals surface area contributed by atoms with Gasteiger partial charge in [-0.1, -0.05) is 49.4 Å². The molecule has 35 heavy (non-hydrogen) atoms. The maximum absolute atomic E-state index is 13.6. The number of hydrogen-bond acceptors (Lipinski definition) is 4. The van der Waals surface area contributed by atoms with Crippen molar-refractivity contribution in [3.8, 4) is 33.9 Å². The second kappa shape index (κ2) is 9.49. The molecule has 0 aliphatic carbocycles. The summed E-state index contributed by atoms with van der Waals surface area (Å²) in [7, 11) is 1.67. The van der Waals surface area contributed by atoms with E-state index >= 15 is 0 Å². The monoisotopic (exact) mass is 469 g/mol. The minimum absolute atomic E-state index is 0.299. The van der Waals surface area contributed by atoms with Crippen LogP contribution in [0.25, 0.3) is 33.2 Å². The summed E-state index contributed by atoms with van der Waals surface area (Å²) in [6, 6.07) is 18.6. The number of hydrogen-bond donors (Lipinski definition) is 0. The summed E-state index contributed by atoms with van der Waals surface area (Å²) in [5.41, 5.74) is 6.71. The molecule has 0 fully saturated rings. The topological polar surface area (TPSA) is 49.7 Å². The van der Waals surface area contributed by atoms with Crippen LogP contribution in [0.3, 0.4) is 0 Å². The molecule has 3 aromatic carbocycles. The van der Waals surface area contributed by atoms with E-state index < -0.39 is 0 Å². The molecule has 1 aromatic heterocycles. The van der Waals surface area contributed by atoms with Gasteiger partial charge in [-0.3, -0.25) is 0 Å². The van der Waals surface area contributed by atoms with Crippen molar-refractivity contribution in [3.05, 3.63) is 71.4 Å². The Morgan fingerprint density at radius 1 is 1.00 bits per heavy atom. The van der Waals surface area contributed by atoms with E-state index in [9.17, 15) is 4.79 Å². The molecule has 0 N–H and O–H groups in total. The minimum atomic E-state index is -0.299. The number of ether oxygens (including phenoxy) is 3. The first-order chi connectivity index (χ1) is 17.1.